The lowest BCUT2D eigenvalue weighted by Gasteiger charge is -2.17. The lowest BCUT2D eigenvalue weighted by molar-refractivity contribution is 0.112. The van der Waals surface area contributed by atoms with Gasteiger partial charge < -0.3 is 24.8 Å². The highest BCUT2D eigenvalue weighted by molar-refractivity contribution is 7.53. The number of carbonyl (C=O) groups excluding carboxylic acids is 1. The van der Waals surface area contributed by atoms with Gasteiger partial charge in [-0.25, -0.2) is 4.98 Å². The molecule has 1 heterocycles. The van der Waals surface area contributed by atoms with E-state index in [0.717, 1.165) is 0 Å². The molecule has 23 heavy (non-hydrogen) atoms. The molecule has 0 fully saturated rings. The van der Waals surface area contributed by atoms with Crippen LogP contribution in [-0.4, -0.2) is 49.0 Å². The van der Waals surface area contributed by atoms with Crippen LogP contribution in [0.5, 0.6) is 0 Å². The van der Waals surface area contributed by atoms with Crippen molar-refractivity contribution in [1.82, 2.24) is 9.97 Å². The maximum absolute atomic E-state index is 12.1. The number of carbonyl (C=O) groups is 1. The van der Waals surface area contributed by atoms with Gasteiger partial charge in [-0.05, 0) is 13.8 Å². The van der Waals surface area contributed by atoms with Crippen molar-refractivity contribution in [2.75, 3.05) is 43.8 Å². The Labute approximate surface area is 139 Å². The number of nitrogen functional groups attached to an aromatic ring is 1. The van der Waals surface area contributed by atoms with Crippen LogP contribution < -0.4 is 11.1 Å². The molecule has 1 rings (SSSR count). The lowest BCUT2D eigenvalue weighted by atomic mass is 10.3. The summed E-state index contributed by atoms with van der Waals surface area (Å²) in [6.07, 6.45) is 0.368. The van der Waals surface area contributed by atoms with Crippen molar-refractivity contribution in [2.24, 2.45) is 0 Å². The molecule has 0 saturated heterocycles. The van der Waals surface area contributed by atoms with E-state index in [9.17, 15) is 9.36 Å². The van der Waals surface area contributed by atoms with Gasteiger partial charge in [0.25, 0.3) is 0 Å². The topological polar surface area (TPSA) is 126 Å². The number of hydrogen-bond donors (Lipinski definition) is 2. The maximum Gasteiger partial charge on any atom is 0.356 e. The summed E-state index contributed by atoms with van der Waals surface area (Å²) in [5.74, 6) is 0.153. The summed E-state index contributed by atoms with van der Waals surface area (Å²) >= 11 is 5.80. The summed E-state index contributed by atoms with van der Waals surface area (Å²) < 4.78 is 27.6. The minimum Gasteiger partial charge on any atom is -0.368 e. The molecule has 0 saturated carbocycles. The Hall–Kier alpha value is -1.25. The van der Waals surface area contributed by atoms with E-state index in [0.29, 0.717) is 6.29 Å². The molecule has 0 aliphatic heterocycles. The van der Waals surface area contributed by atoms with Crippen molar-refractivity contribution < 1.29 is 23.1 Å². The maximum atomic E-state index is 12.1. The first-order valence-corrected chi connectivity index (χ1v) is 9.04. The molecule has 0 bridgehead atoms. The quantitative estimate of drug-likeness (QED) is 0.262. The first-order valence-electron chi connectivity index (χ1n) is 6.93. The molecule has 11 heteroatoms. The molecule has 0 unspecified atom stereocenters. The Morgan fingerprint density at radius 2 is 1.96 bits per heavy atom. The average molecular weight is 367 g/mol. The second kappa shape index (κ2) is 9.79. The lowest BCUT2D eigenvalue weighted by Crippen LogP contribution is -2.14. The van der Waals surface area contributed by atoms with Crippen molar-refractivity contribution >= 4 is 37.2 Å². The second-order valence-electron chi connectivity index (χ2n) is 4.16. The van der Waals surface area contributed by atoms with Crippen molar-refractivity contribution in [3.63, 3.8) is 0 Å². The van der Waals surface area contributed by atoms with Gasteiger partial charge in [0.05, 0.1) is 25.4 Å². The number of hydrogen-bond acceptors (Lipinski definition) is 9. The summed E-state index contributed by atoms with van der Waals surface area (Å²) in [5, 5.41) is 2.82. The van der Waals surface area contributed by atoms with Gasteiger partial charge in [-0.15, -0.1) is 0 Å². The normalized spacial score (nSPS) is 11.4. The van der Waals surface area contributed by atoms with Crippen LogP contribution in [-0.2, 0) is 18.3 Å². The number of nitrogens with two attached hydrogens (primary N) is 1. The van der Waals surface area contributed by atoms with E-state index in [1.165, 1.54) is 0 Å². The fraction of sp³-hybridized carbons (Fsp3) is 0.583. The Morgan fingerprint density at radius 1 is 1.30 bits per heavy atom. The zero-order valence-corrected chi connectivity index (χ0v) is 14.6. The highest BCUT2D eigenvalue weighted by Gasteiger charge is 2.23. The monoisotopic (exact) mass is 366 g/mol. The third kappa shape index (κ3) is 6.40. The standard InChI is InChI=1S/C12H20ClN4O5P/c1-3-21-23(19,22-4-2)8-20-6-5-15-11-9(7-18)10(13)16-12(14)17-11/h7H,3-6,8H2,1-2H3,(H3,14,15,16,17). The van der Waals surface area contributed by atoms with Crippen LogP contribution in [0.3, 0.4) is 0 Å². The Morgan fingerprint density at radius 3 is 2.52 bits per heavy atom. The predicted molar refractivity (Wildman–Crippen MR) is 87.0 cm³/mol. The first kappa shape index (κ1) is 19.8. The van der Waals surface area contributed by atoms with E-state index in [4.69, 9.17) is 31.1 Å². The van der Waals surface area contributed by atoms with Crippen LogP contribution in [0, 0.1) is 0 Å². The van der Waals surface area contributed by atoms with Gasteiger partial charge in [-0.2, -0.15) is 4.98 Å². The molecule has 0 atom stereocenters. The van der Waals surface area contributed by atoms with Gasteiger partial charge in [0.2, 0.25) is 5.95 Å². The molecule has 0 spiro atoms. The first-order chi connectivity index (χ1) is 11.0. The largest absolute Gasteiger partial charge is 0.368 e. The summed E-state index contributed by atoms with van der Waals surface area (Å²) in [6, 6.07) is 0. The van der Waals surface area contributed by atoms with Crippen LogP contribution in [0.2, 0.25) is 5.15 Å². The summed E-state index contributed by atoms with van der Waals surface area (Å²) in [4.78, 5) is 18.5. The summed E-state index contributed by atoms with van der Waals surface area (Å²) in [6.45, 7) is 4.44. The van der Waals surface area contributed by atoms with Crippen LogP contribution in [0.25, 0.3) is 0 Å². The Kier molecular flexibility index (Phi) is 8.43. The third-order valence-electron chi connectivity index (χ3n) is 2.47. The number of ether oxygens (including phenoxy) is 1. The molecular formula is C12H20ClN4O5P. The molecule has 0 aliphatic carbocycles. The number of aromatic nitrogens is 2. The molecule has 0 amide bonds. The van der Waals surface area contributed by atoms with Gasteiger partial charge in [0, 0.05) is 6.54 Å². The van der Waals surface area contributed by atoms with Crippen molar-refractivity contribution in [3.05, 3.63) is 10.7 Å². The fourth-order valence-corrected chi connectivity index (χ4v) is 3.20. The molecule has 3 N–H and O–H groups in total. The molecule has 0 aliphatic rings. The molecular weight excluding hydrogens is 347 g/mol. The molecule has 130 valence electrons. The molecule has 0 radical (unpaired) electrons. The third-order valence-corrected chi connectivity index (χ3v) is 4.56. The molecule has 9 nitrogen and oxygen atoms in total. The number of anilines is 2. The van der Waals surface area contributed by atoms with E-state index < -0.39 is 7.60 Å². The average Bonchev–Trinajstić information content (AvgIpc) is 2.47. The minimum absolute atomic E-state index is 0.0342. The molecule has 1 aromatic rings. The van der Waals surface area contributed by atoms with Crippen LogP contribution in [0.15, 0.2) is 0 Å². The van der Waals surface area contributed by atoms with Gasteiger partial charge in [-0.3, -0.25) is 9.36 Å². The van der Waals surface area contributed by atoms with Gasteiger partial charge in [0.1, 0.15) is 17.3 Å². The van der Waals surface area contributed by atoms with Gasteiger partial charge in [-0.1, -0.05) is 11.6 Å². The number of halogens is 1. The molecule has 1 aromatic heterocycles. The van der Waals surface area contributed by atoms with Crippen LogP contribution >= 0.6 is 19.2 Å². The number of nitrogens with one attached hydrogen (secondary N) is 1. The van der Waals surface area contributed by atoms with Crippen molar-refractivity contribution in [1.29, 1.82) is 0 Å². The number of nitrogens with zero attached hydrogens (tertiary/aromatic N) is 2. The molecule has 0 aromatic carbocycles. The number of rotatable bonds is 11. The zero-order valence-electron chi connectivity index (χ0n) is 13.0. The predicted octanol–water partition coefficient (Wildman–Crippen LogP) is 2.18. The van der Waals surface area contributed by atoms with Gasteiger partial charge >= 0.3 is 7.60 Å². The van der Waals surface area contributed by atoms with E-state index in [-0.39, 0.29) is 55.2 Å². The van der Waals surface area contributed by atoms with E-state index >= 15 is 0 Å². The van der Waals surface area contributed by atoms with Gasteiger partial charge in [0.15, 0.2) is 6.29 Å². The Balaban J connectivity index is 2.49. The Bertz CT molecular complexity index is 565. The van der Waals surface area contributed by atoms with Crippen LogP contribution in [0.4, 0.5) is 11.8 Å². The highest BCUT2D eigenvalue weighted by atomic mass is 35.5. The minimum atomic E-state index is -3.24. The zero-order chi connectivity index (χ0) is 17.3. The smallest absolute Gasteiger partial charge is 0.356 e. The number of aldehydes is 1. The fourth-order valence-electron chi connectivity index (χ4n) is 1.62. The second-order valence-corrected chi connectivity index (χ2v) is 6.52. The van der Waals surface area contributed by atoms with Crippen molar-refractivity contribution in [2.45, 2.75) is 13.8 Å². The summed E-state index contributed by atoms with van der Waals surface area (Å²) in [7, 11) is -3.24. The SMILES string of the molecule is CCOP(=O)(COCCNc1nc(N)nc(Cl)c1C=O)OCC. The van der Waals surface area contributed by atoms with Crippen molar-refractivity contribution in [3.8, 4) is 0 Å². The summed E-state index contributed by atoms with van der Waals surface area (Å²) in [5.41, 5.74) is 5.58. The van der Waals surface area contributed by atoms with Crippen LogP contribution in [0.1, 0.15) is 24.2 Å². The van der Waals surface area contributed by atoms with E-state index in [1.807, 2.05) is 0 Å². The highest BCUT2D eigenvalue weighted by Crippen LogP contribution is 2.47. The van der Waals surface area contributed by atoms with E-state index in [1.54, 1.807) is 13.8 Å². The van der Waals surface area contributed by atoms with E-state index in [2.05, 4.69) is 15.3 Å².